The zero-order valence-electron chi connectivity index (χ0n) is 25.1. The van der Waals surface area contributed by atoms with Gasteiger partial charge in [0.25, 0.3) is 0 Å². The molecule has 0 atom stereocenters. The summed E-state index contributed by atoms with van der Waals surface area (Å²) >= 11 is 0. The predicted molar refractivity (Wildman–Crippen MR) is 158 cm³/mol. The summed E-state index contributed by atoms with van der Waals surface area (Å²) in [6.45, 7) is 12.1. The Morgan fingerprint density at radius 1 is 0.385 bits per heavy atom. The first-order valence-corrected chi connectivity index (χ1v) is 15.5. The Kier molecular flexibility index (Phi) is 27.3. The molecule has 0 bridgehead atoms. The van der Waals surface area contributed by atoms with E-state index in [0.717, 1.165) is 25.2 Å². The molecule has 0 aliphatic rings. The van der Waals surface area contributed by atoms with Gasteiger partial charge in [-0.15, -0.1) is 0 Å². The first-order chi connectivity index (χ1) is 19.4. The predicted octanol–water partition coefficient (Wildman–Crippen LogP) is 6.65. The summed E-state index contributed by atoms with van der Waals surface area (Å²) in [5.41, 5.74) is 1.39. The van der Waals surface area contributed by atoms with Gasteiger partial charge in [0, 0.05) is 6.61 Å². The van der Waals surface area contributed by atoms with Crippen LogP contribution in [0, 0.1) is 0 Å². The van der Waals surface area contributed by atoms with Crippen molar-refractivity contribution in [2.75, 3.05) is 85.9 Å². The molecule has 0 aliphatic carbocycles. The molecule has 7 heteroatoms. The molecule has 0 saturated heterocycles. The molecule has 1 rings (SSSR count). The molecule has 1 aromatic rings. The maximum atomic E-state index is 5.76. The molecule has 0 aromatic heterocycles. The van der Waals surface area contributed by atoms with Crippen molar-refractivity contribution in [1.82, 2.24) is 0 Å². The summed E-state index contributed by atoms with van der Waals surface area (Å²) in [6, 6.07) is 8.46. The Morgan fingerprint density at radius 2 is 0.769 bits per heavy atom. The first-order valence-electron chi connectivity index (χ1n) is 15.5. The van der Waals surface area contributed by atoms with Crippen molar-refractivity contribution < 1.29 is 33.2 Å². The zero-order valence-corrected chi connectivity index (χ0v) is 25.1. The molecule has 0 spiro atoms. The molecule has 0 radical (unpaired) electrons. The fraction of sp³-hybridized carbons (Fsp3) is 0.812. The zero-order chi connectivity index (χ0) is 27.9. The van der Waals surface area contributed by atoms with E-state index in [2.05, 4.69) is 38.1 Å². The number of aryl methyl sites for hydroxylation is 1. The van der Waals surface area contributed by atoms with Gasteiger partial charge >= 0.3 is 0 Å². The van der Waals surface area contributed by atoms with Crippen LogP contribution >= 0.6 is 0 Å². The van der Waals surface area contributed by atoms with E-state index >= 15 is 0 Å². The number of hydrogen-bond acceptors (Lipinski definition) is 7. The van der Waals surface area contributed by atoms with Gasteiger partial charge < -0.3 is 33.2 Å². The van der Waals surface area contributed by atoms with Crippen molar-refractivity contribution in [2.45, 2.75) is 84.5 Å². The lowest BCUT2D eigenvalue weighted by Gasteiger charge is -2.09. The molecule has 0 N–H and O–H groups in total. The van der Waals surface area contributed by atoms with E-state index < -0.39 is 0 Å². The van der Waals surface area contributed by atoms with Crippen molar-refractivity contribution in [3.05, 3.63) is 29.8 Å². The van der Waals surface area contributed by atoms with E-state index in [-0.39, 0.29) is 0 Å². The molecule has 39 heavy (non-hydrogen) atoms. The van der Waals surface area contributed by atoms with E-state index in [0.29, 0.717) is 79.3 Å². The highest BCUT2D eigenvalue weighted by molar-refractivity contribution is 5.27. The number of unbranched alkanes of at least 4 members (excludes halogenated alkanes) is 8. The molecule has 0 amide bonds. The molecular weight excluding hydrogens is 496 g/mol. The summed E-state index contributed by atoms with van der Waals surface area (Å²) in [4.78, 5) is 0. The van der Waals surface area contributed by atoms with Gasteiger partial charge in [0.1, 0.15) is 12.4 Å². The molecule has 0 unspecified atom stereocenters. The Bertz CT molecular complexity index is 597. The Labute approximate surface area is 239 Å². The number of benzene rings is 1. The second-order valence-corrected chi connectivity index (χ2v) is 9.75. The minimum atomic E-state index is 0.540. The second-order valence-electron chi connectivity index (χ2n) is 9.75. The van der Waals surface area contributed by atoms with Gasteiger partial charge in [-0.05, 0) is 37.0 Å². The smallest absolute Gasteiger partial charge is 0.119 e. The highest BCUT2D eigenvalue weighted by Gasteiger charge is 1.98. The summed E-state index contributed by atoms with van der Waals surface area (Å²) < 4.78 is 38.9. The Morgan fingerprint density at radius 3 is 1.26 bits per heavy atom. The minimum absolute atomic E-state index is 0.540. The van der Waals surface area contributed by atoms with Gasteiger partial charge in [-0.25, -0.2) is 0 Å². The lowest BCUT2D eigenvalue weighted by atomic mass is 10.0. The highest BCUT2D eigenvalue weighted by atomic mass is 16.6. The van der Waals surface area contributed by atoms with Crippen molar-refractivity contribution in [2.24, 2.45) is 0 Å². The van der Waals surface area contributed by atoms with E-state index in [1.165, 1.54) is 63.4 Å². The van der Waals surface area contributed by atoms with Crippen LogP contribution in [0.25, 0.3) is 0 Å². The SMILES string of the molecule is CCCCCCCCc1ccc(OCCOCCOCCOCCOCCOCCOCCCCCC)cc1. The van der Waals surface area contributed by atoms with Gasteiger partial charge in [-0.1, -0.05) is 77.3 Å². The topological polar surface area (TPSA) is 64.6 Å². The van der Waals surface area contributed by atoms with Crippen LogP contribution < -0.4 is 4.74 Å². The number of ether oxygens (including phenoxy) is 7. The van der Waals surface area contributed by atoms with E-state index in [4.69, 9.17) is 33.2 Å². The van der Waals surface area contributed by atoms with Crippen LogP contribution in [0.5, 0.6) is 5.75 Å². The molecule has 0 heterocycles. The van der Waals surface area contributed by atoms with Gasteiger partial charge in [0.15, 0.2) is 0 Å². The van der Waals surface area contributed by atoms with E-state index in [1.54, 1.807) is 0 Å². The monoisotopic (exact) mass is 554 g/mol. The standard InChI is InChI=1S/C32H58O7/c1-3-5-7-9-10-11-13-31-14-16-32(17-15-31)39-30-29-38-28-27-37-26-25-36-24-23-35-22-21-34-20-19-33-18-12-8-6-4-2/h14-17H,3-13,18-30H2,1-2H3. The fourth-order valence-corrected chi connectivity index (χ4v) is 3.91. The number of rotatable bonds is 31. The average molecular weight is 555 g/mol. The first kappa shape index (κ1) is 35.8. The fourth-order valence-electron chi connectivity index (χ4n) is 3.91. The normalized spacial score (nSPS) is 11.3. The molecule has 1 aromatic carbocycles. The minimum Gasteiger partial charge on any atom is -0.491 e. The highest BCUT2D eigenvalue weighted by Crippen LogP contribution is 2.15. The largest absolute Gasteiger partial charge is 0.491 e. The third-order valence-corrected chi connectivity index (χ3v) is 6.24. The molecule has 0 fully saturated rings. The van der Waals surface area contributed by atoms with Crippen LogP contribution in [-0.2, 0) is 34.8 Å². The molecule has 228 valence electrons. The number of hydrogen-bond donors (Lipinski definition) is 0. The lowest BCUT2D eigenvalue weighted by molar-refractivity contribution is -0.0179. The van der Waals surface area contributed by atoms with Gasteiger partial charge in [-0.2, -0.15) is 0 Å². The third-order valence-electron chi connectivity index (χ3n) is 6.24. The summed E-state index contributed by atoms with van der Waals surface area (Å²) in [6.07, 6.45) is 14.1. The maximum Gasteiger partial charge on any atom is 0.119 e. The van der Waals surface area contributed by atoms with E-state index in [1.807, 2.05) is 0 Å². The third kappa shape index (κ3) is 25.5. The average Bonchev–Trinajstić information content (AvgIpc) is 2.96. The van der Waals surface area contributed by atoms with Crippen molar-refractivity contribution in [1.29, 1.82) is 0 Å². The van der Waals surface area contributed by atoms with Crippen LogP contribution in [0.4, 0.5) is 0 Å². The second kappa shape index (κ2) is 29.8. The molecular formula is C32H58O7. The van der Waals surface area contributed by atoms with Gasteiger partial charge in [0.05, 0.1) is 72.7 Å². The van der Waals surface area contributed by atoms with Crippen LogP contribution in [-0.4, -0.2) is 85.9 Å². The molecule has 0 saturated carbocycles. The van der Waals surface area contributed by atoms with Crippen LogP contribution in [0.1, 0.15) is 83.6 Å². The van der Waals surface area contributed by atoms with E-state index in [9.17, 15) is 0 Å². The summed E-state index contributed by atoms with van der Waals surface area (Å²) in [5.74, 6) is 0.897. The van der Waals surface area contributed by atoms with Crippen molar-refractivity contribution in [3.8, 4) is 5.75 Å². The molecule has 7 nitrogen and oxygen atoms in total. The Hall–Kier alpha value is -1.22. The quantitative estimate of drug-likeness (QED) is 0.0952. The lowest BCUT2D eigenvalue weighted by Crippen LogP contribution is -2.14. The molecule has 0 aliphatic heterocycles. The van der Waals surface area contributed by atoms with Crippen LogP contribution in [0.3, 0.4) is 0 Å². The van der Waals surface area contributed by atoms with Crippen molar-refractivity contribution in [3.63, 3.8) is 0 Å². The van der Waals surface area contributed by atoms with Crippen LogP contribution in [0.2, 0.25) is 0 Å². The van der Waals surface area contributed by atoms with Crippen molar-refractivity contribution >= 4 is 0 Å². The Balaban J connectivity index is 1.75. The van der Waals surface area contributed by atoms with Crippen LogP contribution in [0.15, 0.2) is 24.3 Å². The van der Waals surface area contributed by atoms with Gasteiger partial charge in [-0.3, -0.25) is 0 Å². The maximum absolute atomic E-state index is 5.76. The summed E-state index contributed by atoms with van der Waals surface area (Å²) in [5, 5.41) is 0. The van der Waals surface area contributed by atoms with Gasteiger partial charge in [0.2, 0.25) is 0 Å². The summed E-state index contributed by atoms with van der Waals surface area (Å²) in [7, 11) is 0.